The first-order chi connectivity index (χ1) is 18.3. The fourth-order valence-electron chi connectivity index (χ4n) is 7.80. The van der Waals surface area contributed by atoms with Gasteiger partial charge in [0.05, 0.1) is 11.3 Å². The monoisotopic (exact) mass is 521 g/mol. The number of fused-ring (bicyclic) bond motifs is 2. The number of aryl methyl sites for hydroxylation is 1. The van der Waals surface area contributed by atoms with Gasteiger partial charge in [-0.3, -0.25) is 9.59 Å². The third kappa shape index (κ3) is 3.13. The van der Waals surface area contributed by atoms with Crippen molar-refractivity contribution in [3.05, 3.63) is 87.5 Å². The second-order valence-corrected chi connectivity index (χ2v) is 13.2. The van der Waals surface area contributed by atoms with Crippen LogP contribution in [0.15, 0.2) is 65.3 Å². The Morgan fingerprint density at radius 1 is 1.03 bits per heavy atom. The van der Waals surface area contributed by atoms with Crippen molar-refractivity contribution in [1.29, 1.82) is 5.26 Å². The van der Waals surface area contributed by atoms with Crippen molar-refractivity contribution in [2.45, 2.75) is 83.6 Å². The Morgan fingerprint density at radius 3 is 2.33 bits per heavy atom. The van der Waals surface area contributed by atoms with E-state index in [9.17, 15) is 10.1 Å². The highest BCUT2D eigenvalue weighted by molar-refractivity contribution is 6.21. The highest BCUT2D eigenvalue weighted by Gasteiger charge is 2.67. The molecule has 4 aliphatic rings. The predicted octanol–water partition coefficient (Wildman–Crippen LogP) is 5.69. The topological polar surface area (TPSA) is 96.4 Å². The van der Waals surface area contributed by atoms with Gasteiger partial charge in [-0.1, -0.05) is 70.2 Å². The number of nitriles is 1. The number of ether oxygens (including phenoxy) is 1. The van der Waals surface area contributed by atoms with Crippen molar-refractivity contribution in [2.24, 2.45) is 11.1 Å². The van der Waals surface area contributed by atoms with E-state index in [1.54, 1.807) is 0 Å². The molecule has 0 radical (unpaired) electrons. The standard InChI is InChI=1S/C33H35N3O3/c1-7-19-13-21-27-22(14-19)33(23(17-34)28(35)39-25-16-30(2,3)15-24(37)26(25)33)29(38)36(27)31(4,5)18-32(21,6)20-11-9-8-10-12-20/h8-14H,7,15-16,18,35H2,1-6H3/t32-,33+/m0/s1. The third-order valence-corrected chi connectivity index (χ3v) is 9.30. The molecule has 1 amide bonds. The average Bonchev–Trinajstić information content (AvgIpc) is 3.11. The summed E-state index contributed by atoms with van der Waals surface area (Å²) in [4.78, 5) is 30.9. The molecule has 1 spiro atoms. The number of rotatable bonds is 2. The number of Topliss-reactive ketones (excluding diaryl/α,β-unsaturated/α-hetero) is 1. The number of amides is 1. The van der Waals surface area contributed by atoms with Crippen LogP contribution >= 0.6 is 0 Å². The predicted molar refractivity (Wildman–Crippen MR) is 150 cm³/mol. The summed E-state index contributed by atoms with van der Waals surface area (Å²) in [5, 5.41) is 10.5. The minimum atomic E-state index is -1.62. The van der Waals surface area contributed by atoms with E-state index in [0.29, 0.717) is 29.7 Å². The number of ketones is 1. The van der Waals surface area contributed by atoms with Crippen molar-refractivity contribution in [3.63, 3.8) is 0 Å². The second-order valence-electron chi connectivity index (χ2n) is 13.2. The van der Waals surface area contributed by atoms with Gasteiger partial charge >= 0.3 is 0 Å². The molecule has 2 N–H and O–H groups in total. The lowest BCUT2D eigenvalue weighted by Gasteiger charge is -2.50. The van der Waals surface area contributed by atoms with E-state index in [4.69, 9.17) is 10.5 Å². The number of carbonyl (C=O) groups excluding carboxylic acids is 2. The van der Waals surface area contributed by atoms with Gasteiger partial charge in [-0.05, 0) is 48.8 Å². The van der Waals surface area contributed by atoms with Crippen molar-refractivity contribution in [1.82, 2.24) is 0 Å². The summed E-state index contributed by atoms with van der Waals surface area (Å²) < 4.78 is 6.01. The van der Waals surface area contributed by atoms with Gasteiger partial charge in [0.2, 0.25) is 11.8 Å². The van der Waals surface area contributed by atoms with Crippen molar-refractivity contribution >= 4 is 17.4 Å². The van der Waals surface area contributed by atoms with E-state index in [1.165, 1.54) is 5.56 Å². The van der Waals surface area contributed by atoms with Crippen LogP contribution in [-0.2, 0) is 31.6 Å². The molecule has 0 unspecified atom stereocenters. The van der Waals surface area contributed by atoms with Crippen LogP contribution in [-0.4, -0.2) is 17.2 Å². The van der Waals surface area contributed by atoms with Crippen molar-refractivity contribution in [2.75, 3.05) is 4.90 Å². The molecule has 200 valence electrons. The average molecular weight is 522 g/mol. The lowest BCUT2D eigenvalue weighted by Crippen LogP contribution is -2.58. The quantitative estimate of drug-likeness (QED) is 0.548. The molecule has 0 fully saturated rings. The Balaban J connectivity index is 1.77. The van der Waals surface area contributed by atoms with Gasteiger partial charge in [-0.25, -0.2) is 0 Å². The molecule has 2 atom stereocenters. The highest BCUT2D eigenvalue weighted by atomic mass is 16.5. The molecular weight excluding hydrogens is 486 g/mol. The van der Waals surface area contributed by atoms with Crippen LogP contribution in [0.5, 0.6) is 0 Å². The van der Waals surface area contributed by atoms with Gasteiger partial charge in [0.25, 0.3) is 0 Å². The number of hydrogen-bond donors (Lipinski definition) is 1. The highest BCUT2D eigenvalue weighted by Crippen LogP contribution is 2.63. The number of allylic oxidation sites excluding steroid dienone is 1. The lowest BCUT2D eigenvalue weighted by molar-refractivity contribution is -0.126. The maximum absolute atomic E-state index is 15.0. The molecule has 0 bridgehead atoms. The van der Waals surface area contributed by atoms with E-state index in [1.807, 2.05) is 43.0 Å². The number of benzene rings is 2. The SMILES string of the molecule is CCc1cc2c3c(c1)[C@](C)(c1ccccc1)CC(C)(C)N3C(=O)[C@@]21C(C#N)=C(N)OC2=C1C(=O)CC(C)(C)C2. The zero-order valence-corrected chi connectivity index (χ0v) is 23.6. The first-order valence-corrected chi connectivity index (χ1v) is 13.7. The van der Waals surface area contributed by atoms with E-state index in [-0.39, 0.29) is 35.0 Å². The summed E-state index contributed by atoms with van der Waals surface area (Å²) in [5.74, 6) is -0.112. The maximum atomic E-state index is 15.0. The molecule has 0 saturated heterocycles. The van der Waals surface area contributed by atoms with Gasteiger partial charge in [0.1, 0.15) is 22.8 Å². The summed E-state index contributed by atoms with van der Waals surface area (Å²) in [6.07, 6.45) is 2.14. The number of anilines is 1. The van der Waals surface area contributed by atoms with Crippen LogP contribution in [0.25, 0.3) is 0 Å². The lowest BCUT2D eigenvalue weighted by atomic mass is 9.61. The van der Waals surface area contributed by atoms with Gasteiger partial charge < -0.3 is 15.4 Å². The summed E-state index contributed by atoms with van der Waals surface area (Å²) in [5.41, 5.74) is 8.52. The van der Waals surface area contributed by atoms with E-state index < -0.39 is 16.4 Å². The van der Waals surface area contributed by atoms with Gasteiger partial charge in [-0.15, -0.1) is 0 Å². The largest absolute Gasteiger partial charge is 0.444 e. The van der Waals surface area contributed by atoms with Gasteiger partial charge in [0.15, 0.2) is 5.78 Å². The molecule has 39 heavy (non-hydrogen) atoms. The van der Waals surface area contributed by atoms with E-state index in [0.717, 1.165) is 23.2 Å². The zero-order valence-electron chi connectivity index (χ0n) is 23.6. The molecule has 6 heteroatoms. The minimum absolute atomic E-state index is 0.0152. The Labute approximate surface area is 230 Å². The minimum Gasteiger partial charge on any atom is -0.444 e. The normalized spacial score (nSPS) is 28.3. The number of nitrogens with two attached hydrogens (primary N) is 1. The molecule has 6 rings (SSSR count). The fourth-order valence-corrected chi connectivity index (χ4v) is 7.80. The van der Waals surface area contributed by atoms with Crippen molar-refractivity contribution < 1.29 is 14.3 Å². The first kappa shape index (κ1) is 25.4. The van der Waals surface area contributed by atoms with Crippen LogP contribution in [0.4, 0.5) is 5.69 Å². The summed E-state index contributed by atoms with van der Waals surface area (Å²) in [6, 6.07) is 16.9. The molecule has 2 aromatic carbocycles. The third-order valence-electron chi connectivity index (χ3n) is 9.30. The van der Waals surface area contributed by atoms with Crippen LogP contribution in [0, 0.1) is 16.7 Å². The summed E-state index contributed by atoms with van der Waals surface area (Å²) in [6.45, 7) is 12.5. The Kier molecular flexibility index (Phi) is 5.12. The van der Waals surface area contributed by atoms with Crippen molar-refractivity contribution in [3.8, 4) is 6.07 Å². The maximum Gasteiger partial charge on any atom is 0.248 e. The van der Waals surface area contributed by atoms with Gasteiger partial charge in [-0.2, -0.15) is 5.26 Å². The molecule has 3 aliphatic heterocycles. The van der Waals surface area contributed by atoms with E-state index >= 15 is 4.79 Å². The number of nitrogens with zero attached hydrogens (tertiary/aromatic N) is 2. The van der Waals surface area contributed by atoms with Crippen LogP contribution in [0.3, 0.4) is 0 Å². The van der Waals surface area contributed by atoms with Crippen LogP contribution in [0.1, 0.15) is 83.1 Å². The summed E-state index contributed by atoms with van der Waals surface area (Å²) in [7, 11) is 0. The molecule has 0 aromatic heterocycles. The number of carbonyl (C=O) groups is 2. The van der Waals surface area contributed by atoms with E-state index in [2.05, 4.69) is 52.0 Å². The smallest absolute Gasteiger partial charge is 0.248 e. The number of hydrogen-bond acceptors (Lipinski definition) is 5. The fraction of sp³-hybridized carbons (Fsp3) is 0.424. The molecule has 3 heterocycles. The molecule has 2 aromatic rings. The van der Waals surface area contributed by atoms with Crippen LogP contribution in [0.2, 0.25) is 0 Å². The molecule has 1 aliphatic carbocycles. The van der Waals surface area contributed by atoms with Gasteiger partial charge in [0, 0.05) is 29.4 Å². The Morgan fingerprint density at radius 2 is 1.69 bits per heavy atom. The Bertz CT molecular complexity index is 1570. The summed E-state index contributed by atoms with van der Waals surface area (Å²) >= 11 is 0. The Hall–Kier alpha value is -3.85. The zero-order chi connectivity index (χ0) is 28.1. The molecule has 0 saturated carbocycles. The second kappa shape index (κ2) is 7.85. The molecular formula is C33H35N3O3. The van der Waals surface area contributed by atoms with Crippen LogP contribution < -0.4 is 10.6 Å². The first-order valence-electron chi connectivity index (χ1n) is 13.7. The molecule has 6 nitrogen and oxygen atoms in total.